The molecule has 4 heteroatoms. The zero-order chi connectivity index (χ0) is 37.5. The summed E-state index contributed by atoms with van der Waals surface area (Å²) in [7, 11) is 0. The molecule has 1 spiro atoms. The van der Waals surface area contributed by atoms with Gasteiger partial charge < -0.3 is 4.74 Å². The first-order chi connectivity index (χ1) is 28.3. The first kappa shape index (κ1) is 32.1. The van der Waals surface area contributed by atoms with Gasteiger partial charge in [-0.1, -0.05) is 170 Å². The van der Waals surface area contributed by atoms with Gasteiger partial charge in [-0.3, -0.25) is 0 Å². The third-order valence-electron chi connectivity index (χ3n) is 11.8. The van der Waals surface area contributed by atoms with Gasteiger partial charge in [-0.05, 0) is 68.8 Å². The highest BCUT2D eigenvalue weighted by molar-refractivity contribution is 7.26. The summed E-state index contributed by atoms with van der Waals surface area (Å²) in [5, 5.41) is 1.14. The lowest BCUT2D eigenvalue weighted by Gasteiger charge is -2.39. The number of nitrogens with zero attached hydrogens (tertiary/aromatic N) is 2. The second-order valence-electron chi connectivity index (χ2n) is 14.8. The van der Waals surface area contributed by atoms with E-state index < -0.39 is 5.41 Å². The number of para-hydroxylation sites is 2. The first-order valence-corrected chi connectivity index (χ1v) is 20.1. The maximum absolute atomic E-state index is 6.57. The zero-order valence-electron chi connectivity index (χ0n) is 30.7. The van der Waals surface area contributed by atoms with Gasteiger partial charge in [-0.15, -0.1) is 11.3 Å². The molecule has 1 aliphatic heterocycles. The number of thiophene rings is 1. The number of aromatic nitrogens is 2. The Labute approximate surface area is 334 Å². The van der Waals surface area contributed by atoms with E-state index in [9.17, 15) is 0 Å². The number of hydrogen-bond acceptors (Lipinski definition) is 4. The van der Waals surface area contributed by atoms with Crippen LogP contribution in [0.1, 0.15) is 22.3 Å². The van der Waals surface area contributed by atoms with Crippen LogP contribution in [0.15, 0.2) is 194 Å². The highest BCUT2D eigenvalue weighted by Crippen LogP contribution is 2.62. The van der Waals surface area contributed by atoms with E-state index in [1.54, 1.807) is 11.3 Å². The van der Waals surface area contributed by atoms with E-state index in [4.69, 9.17) is 14.7 Å². The fourth-order valence-electron chi connectivity index (χ4n) is 9.32. The normalized spacial score (nSPS) is 13.2. The number of hydrogen-bond donors (Lipinski definition) is 0. The van der Waals surface area contributed by atoms with E-state index >= 15 is 0 Å². The van der Waals surface area contributed by atoms with E-state index in [0.717, 1.165) is 60.9 Å². The minimum Gasteiger partial charge on any atom is -0.457 e. The predicted octanol–water partition coefficient (Wildman–Crippen LogP) is 14.0. The molecule has 3 heterocycles. The van der Waals surface area contributed by atoms with E-state index in [1.807, 2.05) is 6.07 Å². The van der Waals surface area contributed by atoms with Crippen molar-refractivity contribution >= 4 is 31.6 Å². The van der Waals surface area contributed by atoms with Crippen molar-refractivity contribution < 1.29 is 4.74 Å². The van der Waals surface area contributed by atoms with Crippen LogP contribution >= 0.6 is 11.3 Å². The second-order valence-corrected chi connectivity index (χ2v) is 15.9. The molecule has 0 saturated carbocycles. The number of ether oxygens (including phenoxy) is 1. The smallest absolute Gasteiger partial charge is 0.160 e. The SMILES string of the molecule is c1ccc(-c2ccc3c(c2)sc2c(-c4ccccc4-c4ccc5c(c4)-c4ccccc4C54c5ccccc5Oc5ccccc54)nc(-c4ccccc4)nc23)cc1. The van der Waals surface area contributed by atoms with Gasteiger partial charge in [0.1, 0.15) is 11.5 Å². The molecule has 0 saturated heterocycles. The molecule has 1 aliphatic carbocycles. The van der Waals surface area contributed by atoms with Crippen LogP contribution in [0.4, 0.5) is 0 Å². The van der Waals surface area contributed by atoms with Crippen LogP contribution in [0.2, 0.25) is 0 Å². The largest absolute Gasteiger partial charge is 0.457 e. The summed E-state index contributed by atoms with van der Waals surface area (Å²) in [4.78, 5) is 10.7. The van der Waals surface area contributed by atoms with Gasteiger partial charge in [0.25, 0.3) is 0 Å². The molecule has 8 aromatic carbocycles. The van der Waals surface area contributed by atoms with Crippen molar-refractivity contribution in [2.75, 3.05) is 0 Å². The second kappa shape index (κ2) is 12.4. The maximum atomic E-state index is 6.57. The summed E-state index contributed by atoms with van der Waals surface area (Å²) in [6, 6.07) is 69.4. The average Bonchev–Trinajstić information content (AvgIpc) is 3.80. The average molecular weight is 745 g/mol. The molecule has 57 heavy (non-hydrogen) atoms. The van der Waals surface area contributed by atoms with Gasteiger partial charge in [0.05, 0.1) is 21.3 Å². The van der Waals surface area contributed by atoms with Crippen molar-refractivity contribution in [1.29, 1.82) is 0 Å². The Hall–Kier alpha value is -7.14. The first-order valence-electron chi connectivity index (χ1n) is 19.3. The Morgan fingerprint density at radius 2 is 0.982 bits per heavy atom. The van der Waals surface area contributed by atoms with Gasteiger partial charge >= 0.3 is 0 Å². The standard InChI is InChI=1S/C53H32N2OS/c1-3-15-33(16-4-1)35-27-29-40-48(32-35)57-51-49(54-52(55-50(40)51)34-17-5-2-6-18-34)39-21-8-7-19-37(39)36-28-30-43-41(31-36)38-20-9-10-22-42(38)53(43)44-23-11-13-25-46(44)56-47-26-14-12-24-45(47)53/h1-32H. The number of rotatable bonds is 4. The Morgan fingerprint density at radius 3 is 1.72 bits per heavy atom. The minimum atomic E-state index is -0.505. The van der Waals surface area contributed by atoms with Crippen LogP contribution in [-0.4, -0.2) is 9.97 Å². The van der Waals surface area contributed by atoms with Gasteiger partial charge in [-0.2, -0.15) is 0 Å². The van der Waals surface area contributed by atoms with Crippen molar-refractivity contribution in [1.82, 2.24) is 9.97 Å². The number of benzene rings is 8. The highest BCUT2D eigenvalue weighted by Gasteiger charge is 2.51. The molecular formula is C53H32N2OS. The lowest BCUT2D eigenvalue weighted by molar-refractivity contribution is 0.436. The van der Waals surface area contributed by atoms with Crippen LogP contribution in [-0.2, 0) is 5.41 Å². The van der Waals surface area contributed by atoms with E-state index in [-0.39, 0.29) is 0 Å². The third-order valence-corrected chi connectivity index (χ3v) is 12.9. The molecule has 2 aromatic heterocycles. The topological polar surface area (TPSA) is 35.0 Å². The monoisotopic (exact) mass is 744 g/mol. The molecule has 3 nitrogen and oxygen atoms in total. The molecule has 0 radical (unpaired) electrons. The number of fused-ring (bicyclic) bond motifs is 12. The van der Waals surface area contributed by atoms with Crippen LogP contribution in [0.5, 0.6) is 11.5 Å². The molecule has 266 valence electrons. The molecule has 0 unspecified atom stereocenters. The molecule has 0 N–H and O–H groups in total. The van der Waals surface area contributed by atoms with Gasteiger partial charge in [-0.25, -0.2) is 9.97 Å². The summed E-state index contributed by atoms with van der Waals surface area (Å²) in [5.74, 6) is 2.52. The van der Waals surface area contributed by atoms with Crippen molar-refractivity contribution in [2.24, 2.45) is 0 Å². The van der Waals surface area contributed by atoms with Crippen molar-refractivity contribution in [3.8, 4) is 67.5 Å². The molecular weight excluding hydrogens is 713 g/mol. The Bertz CT molecular complexity index is 3180. The van der Waals surface area contributed by atoms with Crippen molar-refractivity contribution in [2.45, 2.75) is 5.41 Å². The van der Waals surface area contributed by atoms with Crippen molar-refractivity contribution in [3.63, 3.8) is 0 Å². The van der Waals surface area contributed by atoms with Crippen LogP contribution in [0, 0.1) is 0 Å². The molecule has 2 aliphatic rings. The molecule has 0 atom stereocenters. The fraction of sp³-hybridized carbons (Fsp3) is 0.0189. The summed E-state index contributed by atoms with van der Waals surface area (Å²) >= 11 is 1.78. The molecule has 0 amide bonds. The Kier molecular flexibility index (Phi) is 7.01. The van der Waals surface area contributed by atoms with Gasteiger partial charge in [0, 0.05) is 32.3 Å². The van der Waals surface area contributed by atoms with Crippen LogP contribution in [0.25, 0.3) is 76.3 Å². The molecule has 0 fully saturated rings. The van der Waals surface area contributed by atoms with E-state index in [2.05, 4.69) is 188 Å². The lowest BCUT2D eigenvalue weighted by Crippen LogP contribution is -2.32. The van der Waals surface area contributed by atoms with Crippen molar-refractivity contribution in [3.05, 3.63) is 216 Å². The van der Waals surface area contributed by atoms with Crippen LogP contribution < -0.4 is 4.74 Å². The quantitative estimate of drug-likeness (QED) is 0.180. The van der Waals surface area contributed by atoms with Gasteiger partial charge in [0.2, 0.25) is 0 Å². The highest BCUT2D eigenvalue weighted by atomic mass is 32.1. The van der Waals surface area contributed by atoms with E-state index in [0.29, 0.717) is 0 Å². The van der Waals surface area contributed by atoms with Crippen LogP contribution in [0.3, 0.4) is 0 Å². The summed E-state index contributed by atoms with van der Waals surface area (Å²) in [6.45, 7) is 0. The predicted molar refractivity (Wildman–Crippen MR) is 234 cm³/mol. The molecule has 12 rings (SSSR count). The van der Waals surface area contributed by atoms with Gasteiger partial charge in [0.15, 0.2) is 5.82 Å². The summed E-state index contributed by atoms with van der Waals surface area (Å²) in [5.41, 5.74) is 15.5. The fourth-order valence-corrected chi connectivity index (χ4v) is 10.5. The lowest BCUT2D eigenvalue weighted by atomic mass is 9.66. The summed E-state index contributed by atoms with van der Waals surface area (Å²) in [6.07, 6.45) is 0. The molecule has 10 aromatic rings. The Balaban J connectivity index is 1.09. The summed E-state index contributed by atoms with van der Waals surface area (Å²) < 4.78 is 8.85. The minimum absolute atomic E-state index is 0.505. The Morgan fingerprint density at radius 1 is 0.404 bits per heavy atom. The maximum Gasteiger partial charge on any atom is 0.160 e. The third kappa shape index (κ3) is 4.71. The van der Waals surface area contributed by atoms with E-state index in [1.165, 1.54) is 49.2 Å². The zero-order valence-corrected chi connectivity index (χ0v) is 31.5. The molecule has 0 bridgehead atoms.